The van der Waals surface area contributed by atoms with Gasteiger partial charge in [-0.15, -0.1) is 0 Å². The Morgan fingerprint density at radius 3 is 2.65 bits per heavy atom. The van der Waals surface area contributed by atoms with Crippen molar-refractivity contribution in [3.05, 3.63) is 29.3 Å². The number of carbonyl (C=O) groups excluding carboxylic acids is 1. The maximum absolute atomic E-state index is 11.9. The van der Waals surface area contributed by atoms with Crippen LogP contribution in [0.5, 0.6) is 5.75 Å². The van der Waals surface area contributed by atoms with E-state index in [2.05, 4.69) is 5.32 Å². The highest BCUT2D eigenvalue weighted by atomic mass is 16.5. The molecule has 0 bridgehead atoms. The highest BCUT2D eigenvalue weighted by Crippen LogP contribution is 2.18. The van der Waals surface area contributed by atoms with E-state index < -0.39 is 0 Å². The second-order valence-electron chi connectivity index (χ2n) is 4.01. The lowest BCUT2D eigenvalue weighted by atomic mass is 10.1. The SMILES string of the molecule is COCC(C)NC(=O)c1ccc(OC)c(C)c1. The maximum Gasteiger partial charge on any atom is 0.251 e. The average Bonchev–Trinajstić information content (AvgIpc) is 2.29. The zero-order valence-corrected chi connectivity index (χ0v) is 10.7. The van der Waals surface area contributed by atoms with Crippen molar-refractivity contribution in [2.24, 2.45) is 0 Å². The van der Waals surface area contributed by atoms with Gasteiger partial charge in [0.15, 0.2) is 0 Å². The predicted molar refractivity (Wildman–Crippen MR) is 66.5 cm³/mol. The summed E-state index contributed by atoms with van der Waals surface area (Å²) in [6.07, 6.45) is 0. The number of benzene rings is 1. The fraction of sp³-hybridized carbons (Fsp3) is 0.462. The summed E-state index contributed by atoms with van der Waals surface area (Å²) in [6.45, 7) is 4.31. The Morgan fingerprint density at radius 1 is 1.41 bits per heavy atom. The van der Waals surface area contributed by atoms with E-state index in [1.807, 2.05) is 19.9 Å². The standard InChI is InChI=1S/C13H19NO3/c1-9-7-11(5-6-12(9)17-4)13(15)14-10(2)8-16-3/h5-7,10H,8H2,1-4H3,(H,14,15). The molecule has 1 atom stereocenters. The fourth-order valence-electron chi connectivity index (χ4n) is 1.62. The normalized spacial score (nSPS) is 12.0. The number of methoxy groups -OCH3 is 2. The third-order valence-electron chi connectivity index (χ3n) is 2.45. The van der Waals surface area contributed by atoms with Crippen molar-refractivity contribution in [3.63, 3.8) is 0 Å². The number of hydrogen-bond donors (Lipinski definition) is 1. The summed E-state index contributed by atoms with van der Waals surface area (Å²) in [5, 5.41) is 2.86. The summed E-state index contributed by atoms with van der Waals surface area (Å²) in [6, 6.07) is 5.36. The number of rotatable bonds is 5. The van der Waals surface area contributed by atoms with E-state index >= 15 is 0 Å². The van der Waals surface area contributed by atoms with E-state index in [1.165, 1.54) is 0 Å². The Hall–Kier alpha value is -1.55. The molecule has 1 amide bonds. The summed E-state index contributed by atoms with van der Waals surface area (Å²) in [5.41, 5.74) is 1.57. The Bertz CT molecular complexity index is 390. The van der Waals surface area contributed by atoms with E-state index in [-0.39, 0.29) is 11.9 Å². The van der Waals surface area contributed by atoms with Crippen molar-refractivity contribution in [2.75, 3.05) is 20.8 Å². The Balaban J connectivity index is 2.72. The van der Waals surface area contributed by atoms with E-state index in [4.69, 9.17) is 9.47 Å². The third-order valence-corrected chi connectivity index (χ3v) is 2.45. The molecule has 0 aliphatic carbocycles. The molecule has 4 heteroatoms. The molecule has 4 nitrogen and oxygen atoms in total. The fourth-order valence-corrected chi connectivity index (χ4v) is 1.62. The third kappa shape index (κ3) is 3.75. The number of amides is 1. The molecule has 0 radical (unpaired) electrons. The van der Waals surface area contributed by atoms with Gasteiger partial charge in [0.25, 0.3) is 5.91 Å². The van der Waals surface area contributed by atoms with Gasteiger partial charge in [0.05, 0.1) is 13.7 Å². The van der Waals surface area contributed by atoms with E-state index in [9.17, 15) is 4.79 Å². The minimum Gasteiger partial charge on any atom is -0.496 e. The highest BCUT2D eigenvalue weighted by molar-refractivity contribution is 5.94. The number of aryl methyl sites for hydroxylation is 1. The molecule has 0 saturated heterocycles. The van der Waals surface area contributed by atoms with E-state index in [1.54, 1.807) is 26.4 Å². The molecule has 0 aliphatic rings. The lowest BCUT2D eigenvalue weighted by Crippen LogP contribution is -2.35. The van der Waals surface area contributed by atoms with Gasteiger partial charge in [-0.2, -0.15) is 0 Å². The maximum atomic E-state index is 11.9. The highest BCUT2D eigenvalue weighted by Gasteiger charge is 2.10. The van der Waals surface area contributed by atoms with Crippen LogP contribution in [0.25, 0.3) is 0 Å². The van der Waals surface area contributed by atoms with Crippen LogP contribution < -0.4 is 10.1 Å². The molecule has 0 fully saturated rings. The van der Waals surface area contributed by atoms with Gasteiger partial charge < -0.3 is 14.8 Å². The van der Waals surface area contributed by atoms with Crippen molar-refractivity contribution >= 4 is 5.91 Å². The average molecular weight is 237 g/mol. The van der Waals surface area contributed by atoms with Gasteiger partial charge in [-0.25, -0.2) is 0 Å². The Labute approximate surface area is 102 Å². The van der Waals surface area contributed by atoms with Crippen LogP contribution in [0.4, 0.5) is 0 Å². The van der Waals surface area contributed by atoms with Crippen LogP contribution in [0, 0.1) is 6.92 Å². The zero-order chi connectivity index (χ0) is 12.8. The monoisotopic (exact) mass is 237 g/mol. The quantitative estimate of drug-likeness (QED) is 0.849. The van der Waals surface area contributed by atoms with Crippen LogP contribution in [-0.4, -0.2) is 32.8 Å². The number of hydrogen-bond acceptors (Lipinski definition) is 3. The summed E-state index contributed by atoms with van der Waals surface area (Å²) in [5.74, 6) is 0.687. The Morgan fingerprint density at radius 2 is 2.12 bits per heavy atom. The van der Waals surface area contributed by atoms with Crippen molar-refractivity contribution in [2.45, 2.75) is 19.9 Å². The molecule has 0 aromatic heterocycles. The van der Waals surface area contributed by atoms with E-state index in [0.717, 1.165) is 11.3 Å². The van der Waals surface area contributed by atoms with Gasteiger partial charge in [-0.05, 0) is 37.6 Å². The van der Waals surface area contributed by atoms with Crippen molar-refractivity contribution in [3.8, 4) is 5.75 Å². The first kappa shape index (κ1) is 13.5. The molecule has 0 saturated carbocycles. The topological polar surface area (TPSA) is 47.6 Å². The largest absolute Gasteiger partial charge is 0.496 e. The first-order valence-electron chi connectivity index (χ1n) is 5.53. The van der Waals surface area contributed by atoms with Gasteiger partial charge in [-0.3, -0.25) is 4.79 Å². The summed E-state index contributed by atoms with van der Waals surface area (Å²) < 4.78 is 10.1. The van der Waals surface area contributed by atoms with Crippen molar-refractivity contribution < 1.29 is 14.3 Å². The van der Waals surface area contributed by atoms with Crippen LogP contribution in [0.3, 0.4) is 0 Å². The zero-order valence-electron chi connectivity index (χ0n) is 10.7. The summed E-state index contributed by atoms with van der Waals surface area (Å²) in [4.78, 5) is 11.9. The second-order valence-corrected chi connectivity index (χ2v) is 4.01. The van der Waals surface area contributed by atoms with E-state index in [0.29, 0.717) is 12.2 Å². The molecule has 1 unspecified atom stereocenters. The molecule has 1 aromatic rings. The molecule has 1 aromatic carbocycles. The molecule has 1 rings (SSSR count). The van der Waals surface area contributed by atoms with Crippen LogP contribution >= 0.6 is 0 Å². The lowest BCUT2D eigenvalue weighted by molar-refractivity contribution is 0.0905. The van der Waals surface area contributed by atoms with Gasteiger partial charge in [0.1, 0.15) is 5.75 Å². The number of nitrogens with one attached hydrogen (secondary N) is 1. The second kappa shape index (κ2) is 6.25. The molecule has 94 valence electrons. The molecular formula is C13H19NO3. The number of carbonyl (C=O) groups is 1. The molecule has 0 aliphatic heterocycles. The van der Waals surface area contributed by atoms with Crippen LogP contribution in [0.1, 0.15) is 22.8 Å². The predicted octanol–water partition coefficient (Wildman–Crippen LogP) is 1.77. The lowest BCUT2D eigenvalue weighted by Gasteiger charge is -2.13. The van der Waals surface area contributed by atoms with Crippen molar-refractivity contribution in [1.82, 2.24) is 5.32 Å². The van der Waals surface area contributed by atoms with Gasteiger partial charge in [0.2, 0.25) is 0 Å². The first-order chi connectivity index (χ1) is 8.08. The van der Waals surface area contributed by atoms with Gasteiger partial charge >= 0.3 is 0 Å². The molecule has 17 heavy (non-hydrogen) atoms. The minimum absolute atomic E-state index is 0.00472. The molecule has 0 spiro atoms. The first-order valence-corrected chi connectivity index (χ1v) is 5.53. The van der Waals surface area contributed by atoms with Crippen molar-refractivity contribution in [1.29, 1.82) is 0 Å². The van der Waals surface area contributed by atoms with Gasteiger partial charge in [0, 0.05) is 18.7 Å². The van der Waals surface area contributed by atoms with Crippen LogP contribution in [0.2, 0.25) is 0 Å². The van der Waals surface area contributed by atoms with Gasteiger partial charge in [-0.1, -0.05) is 0 Å². The number of ether oxygens (including phenoxy) is 2. The molecule has 1 N–H and O–H groups in total. The smallest absolute Gasteiger partial charge is 0.251 e. The Kier molecular flexibility index (Phi) is 4.97. The minimum atomic E-state index is -0.0969. The van der Waals surface area contributed by atoms with Crippen LogP contribution in [0.15, 0.2) is 18.2 Å². The molecular weight excluding hydrogens is 218 g/mol. The molecule has 0 heterocycles. The summed E-state index contributed by atoms with van der Waals surface area (Å²) >= 11 is 0. The van der Waals surface area contributed by atoms with Crippen LogP contribution in [-0.2, 0) is 4.74 Å². The summed E-state index contributed by atoms with van der Waals surface area (Å²) in [7, 11) is 3.23.